The van der Waals surface area contributed by atoms with Crippen molar-refractivity contribution in [3.8, 4) is 0 Å². The van der Waals surface area contributed by atoms with Crippen LogP contribution in [0.15, 0.2) is 21.9 Å². The van der Waals surface area contributed by atoms with E-state index in [0.29, 0.717) is 0 Å². The maximum Gasteiger partial charge on any atom is 0.477 e. The predicted octanol–water partition coefficient (Wildman–Crippen LogP) is -5.38. The Hall–Kier alpha value is -1.38. The van der Waals surface area contributed by atoms with Gasteiger partial charge in [0, 0.05) is 18.4 Å². The number of rotatable bonds is 13. The van der Waals surface area contributed by atoms with Crippen molar-refractivity contribution < 1.29 is 72.8 Å². The number of aliphatic hydroxyl groups excluding tert-OH is 6. The number of phosphoric acid groups is 1. The molecule has 2 fully saturated rings. The standard InChI is InChI=1S/C16H26N2O16P2.C6H15N/c19-3-6(20)14-12(24)11(23)8(32-14)5-35(27,28)34-36(29,30)31-4-7-10(22)13(25)15(33-7)18-2-1-9(21)17-16(18)26;1-4-7(5-2)6-3/h1-2,6-8,10-15,19-20,22-25H,3-5H2,(H,27,28)(H,29,30)(H,17,21,26);4-6H2,1-3H3/t6-,7-,8-,10-,11+,12-,13-,14+,15-;/m1./s1. The van der Waals surface area contributed by atoms with Crippen molar-refractivity contribution in [2.75, 3.05) is 39.0 Å². The molecule has 9 N–H and O–H groups in total. The number of nitrogens with zero attached hydrogens (tertiary/aromatic N) is 1. The summed E-state index contributed by atoms with van der Waals surface area (Å²) in [5.41, 5.74) is -1.73. The molecule has 2 aliphatic rings. The summed E-state index contributed by atoms with van der Waals surface area (Å²) < 4.78 is 44.1. The molecule has 2 saturated heterocycles. The van der Waals surface area contributed by atoms with Crippen LogP contribution in [0.25, 0.3) is 0 Å². The second-order valence-corrected chi connectivity index (χ2v) is 13.3. The molecular formula is C22H41N3O16P2. The molecule has 0 aliphatic carbocycles. The fourth-order valence-electron chi connectivity index (χ4n) is 4.43. The normalized spacial score (nSPS) is 32.6. The van der Waals surface area contributed by atoms with Gasteiger partial charge in [-0.05, 0) is 20.8 Å². The summed E-state index contributed by atoms with van der Waals surface area (Å²) in [7, 11) is -10.7. The molecule has 3 rings (SSSR count). The van der Waals surface area contributed by atoms with Crippen molar-refractivity contribution in [1.29, 1.82) is 0 Å². The number of aliphatic hydroxyl groups is 6. The molecule has 43 heavy (non-hydrogen) atoms. The largest absolute Gasteiger partial charge is 0.778 e. The maximum atomic E-state index is 12.2. The summed E-state index contributed by atoms with van der Waals surface area (Å²) in [4.78, 5) is 48.7. The second-order valence-electron chi connectivity index (χ2n) is 9.88. The number of hydrogen-bond donors (Lipinski definition) is 9. The van der Waals surface area contributed by atoms with Crippen LogP contribution >= 0.6 is 15.4 Å². The van der Waals surface area contributed by atoms with Gasteiger partial charge in [0.15, 0.2) is 6.23 Å². The van der Waals surface area contributed by atoms with Gasteiger partial charge in [0.1, 0.15) is 50.3 Å². The van der Waals surface area contributed by atoms with Crippen LogP contribution in [-0.2, 0) is 27.4 Å². The Morgan fingerprint density at radius 1 is 1.02 bits per heavy atom. The molecule has 21 heteroatoms. The molecule has 3 heterocycles. The summed E-state index contributed by atoms with van der Waals surface area (Å²) >= 11 is 0. The average molecular weight is 666 g/mol. The molecule has 11 atom stereocenters. The van der Waals surface area contributed by atoms with E-state index in [4.69, 9.17) is 14.6 Å². The Balaban J connectivity index is 0.000000821. The Kier molecular flexibility index (Phi) is 14.3. The van der Waals surface area contributed by atoms with Crippen molar-refractivity contribution in [3.63, 3.8) is 0 Å². The van der Waals surface area contributed by atoms with Crippen LogP contribution in [0.3, 0.4) is 0 Å². The van der Waals surface area contributed by atoms with E-state index in [2.05, 4.69) is 29.6 Å². The lowest BCUT2D eigenvalue weighted by Gasteiger charge is -2.28. The molecule has 1 aromatic rings. The van der Waals surface area contributed by atoms with Crippen LogP contribution in [0.1, 0.15) is 27.0 Å². The third-order valence-electron chi connectivity index (χ3n) is 6.96. The quantitative estimate of drug-likeness (QED) is 0.0889. The SMILES string of the molecule is CC[NH+](CC)CC.O=c1ccn([C@@H]2O[C@H](COP(=O)(O)OP(=O)([O-])C[C@H]3O[C@@H]([C@H](O)CO)[C@H](O)[C@H]3O)[C@@H](O)[C@H]2O)c(=O)[nH]1. The van der Waals surface area contributed by atoms with E-state index in [1.54, 1.807) is 4.90 Å². The van der Waals surface area contributed by atoms with Gasteiger partial charge < -0.3 is 59.4 Å². The molecule has 250 valence electrons. The number of aromatic nitrogens is 2. The van der Waals surface area contributed by atoms with E-state index in [1.807, 2.05) is 4.98 Å². The van der Waals surface area contributed by atoms with Crippen molar-refractivity contribution in [2.45, 2.75) is 75.8 Å². The van der Waals surface area contributed by atoms with Crippen LogP contribution in [0.5, 0.6) is 0 Å². The van der Waals surface area contributed by atoms with E-state index in [9.17, 15) is 54.0 Å². The zero-order valence-corrected chi connectivity index (χ0v) is 25.5. The first-order valence-electron chi connectivity index (χ1n) is 13.5. The number of aromatic amines is 1. The molecule has 1 aromatic heterocycles. The first kappa shape index (κ1) is 37.8. The summed E-state index contributed by atoms with van der Waals surface area (Å²) in [6.45, 7) is 8.63. The van der Waals surface area contributed by atoms with Gasteiger partial charge in [0.05, 0.1) is 39.0 Å². The van der Waals surface area contributed by atoms with Gasteiger partial charge in [0.2, 0.25) is 0 Å². The van der Waals surface area contributed by atoms with Gasteiger partial charge in [-0.15, -0.1) is 0 Å². The molecule has 0 radical (unpaired) electrons. The van der Waals surface area contributed by atoms with E-state index < -0.39 is 101 Å². The maximum absolute atomic E-state index is 12.2. The monoisotopic (exact) mass is 665 g/mol. The number of quaternary nitrogens is 1. The Morgan fingerprint density at radius 2 is 1.60 bits per heavy atom. The van der Waals surface area contributed by atoms with Crippen LogP contribution < -0.4 is 21.0 Å². The van der Waals surface area contributed by atoms with Gasteiger partial charge in [-0.2, -0.15) is 0 Å². The molecule has 0 amide bonds. The minimum atomic E-state index is -5.41. The summed E-state index contributed by atoms with van der Waals surface area (Å²) in [5, 5.41) is 58.5. The van der Waals surface area contributed by atoms with Crippen molar-refractivity contribution in [1.82, 2.24) is 9.55 Å². The molecule has 0 aromatic carbocycles. The zero-order chi connectivity index (χ0) is 32.7. The Labute approximate surface area is 246 Å². The van der Waals surface area contributed by atoms with Crippen LogP contribution in [0, 0.1) is 0 Å². The Morgan fingerprint density at radius 3 is 2.12 bits per heavy atom. The average Bonchev–Trinajstić information content (AvgIpc) is 3.37. The highest BCUT2D eigenvalue weighted by molar-refractivity contribution is 7.63. The number of nitrogens with one attached hydrogen (secondary N) is 2. The highest BCUT2D eigenvalue weighted by atomic mass is 31.3. The molecule has 0 saturated carbocycles. The number of phosphoric ester groups is 1. The first-order valence-corrected chi connectivity index (χ1v) is 16.7. The van der Waals surface area contributed by atoms with E-state index in [0.717, 1.165) is 16.8 Å². The lowest BCUT2D eigenvalue weighted by atomic mass is 10.1. The molecule has 0 bridgehead atoms. The highest BCUT2D eigenvalue weighted by Crippen LogP contribution is 2.58. The lowest BCUT2D eigenvalue weighted by molar-refractivity contribution is -0.894. The third kappa shape index (κ3) is 10.3. The van der Waals surface area contributed by atoms with Crippen LogP contribution in [0.4, 0.5) is 0 Å². The zero-order valence-electron chi connectivity index (χ0n) is 23.7. The summed E-state index contributed by atoms with van der Waals surface area (Å²) in [6.07, 6.45) is -15.4. The minimum Gasteiger partial charge on any atom is -0.778 e. The van der Waals surface area contributed by atoms with Gasteiger partial charge in [0.25, 0.3) is 5.56 Å². The van der Waals surface area contributed by atoms with Crippen molar-refractivity contribution >= 4 is 15.4 Å². The van der Waals surface area contributed by atoms with Crippen molar-refractivity contribution in [2.24, 2.45) is 0 Å². The smallest absolute Gasteiger partial charge is 0.477 e. The fourth-order valence-corrected chi connectivity index (χ4v) is 7.22. The molecule has 19 nitrogen and oxygen atoms in total. The van der Waals surface area contributed by atoms with Crippen molar-refractivity contribution in [3.05, 3.63) is 33.1 Å². The number of ether oxygens (including phenoxy) is 2. The highest BCUT2D eigenvalue weighted by Gasteiger charge is 2.48. The molecule has 0 spiro atoms. The topological polar surface area (TPSA) is 295 Å². The molecule has 2 unspecified atom stereocenters. The van der Waals surface area contributed by atoms with E-state index in [-0.39, 0.29) is 0 Å². The van der Waals surface area contributed by atoms with Gasteiger partial charge >= 0.3 is 13.5 Å². The fraction of sp³-hybridized carbons (Fsp3) is 0.818. The summed E-state index contributed by atoms with van der Waals surface area (Å²) in [5.74, 6) is 0. The van der Waals surface area contributed by atoms with Gasteiger partial charge in [-0.1, -0.05) is 0 Å². The van der Waals surface area contributed by atoms with Crippen LogP contribution in [0.2, 0.25) is 0 Å². The predicted molar refractivity (Wildman–Crippen MR) is 143 cm³/mol. The third-order valence-corrected chi connectivity index (χ3v) is 10.1. The minimum absolute atomic E-state index is 0.735. The van der Waals surface area contributed by atoms with Gasteiger partial charge in [-0.25, -0.2) is 13.7 Å². The Bertz CT molecular complexity index is 1220. The second kappa shape index (κ2) is 16.3. The lowest BCUT2D eigenvalue weighted by Crippen LogP contribution is -3.11. The number of H-pyrrole nitrogens is 1. The van der Waals surface area contributed by atoms with E-state index >= 15 is 0 Å². The first-order chi connectivity index (χ1) is 20.0. The summed E-state index contributed by atoms with van der Waals surface area (Å²) in [6, 6.07) is 0.936. The molecular weight excluding hydrogens is 624 g/mol. The van der Waals surface area contributed by atoms with E-state index in [1.165, 1.54) is 19.6 Å². The molecule has 2 aliphatic heterocycles. The number of hydrogen-bond acceptors (Lipinski definition) is 15. The van der Waals surface area contributed by atoms with Crippen LogP contribution in [-0.4, -0.2) is 133 Å². The van der Waals surface area contributed by atoms with Gasteiger partial charge in [-0.3, -0.25) is 18.9 Å².